The van der Waals surface area contributed by atoms with Crippen LogP contribution in [0.5, 0.6) is 0 Å². The summed E-state index contributed by atoms with van der Waals surface area (Å²) in [4.78, 5) is 37.9. The van der Waals surface area contributed by atoms with Gasteiger partial charge in [-0.2, -0.15) is 0 Å². The number of hydrogen-bond acceptors (Lipinski definition) is 9. The molecule has 0 aliphatic carbocycles. The lowest BCUT2D eigenvalue weighted by Crippen LogP contribution is -2.42. The number of carbonyl (C=O) groups excluding carboxylic acids is 2. The van der Waals surface area contributed by atoms with Crippen LogP contribution in [0.4, 0.5) is 5.69 Å². The van der Waals surface area contributed by atoms with Crippen molar-refractivity contribution in [3.8, 4) is 11.5 Å². The van der Waals surface area contributed by atoms with Gasteiger partial charge >= 0.3 is 5.97 Å². The summed E-state index contributed by atoms with van der Waals surface area (Å²) in [6.07, 6.45) is 0.582. The van der Waals surface area contributed by atoms with E-state index in [0.717, 1.165) is 6.42 Å². The van der Waals surface area contributed by atoms with Crippen LogP contribution in [0.25, 0.3) is 11.5 Å². The second-order valence-corrected chi connectivity index (χ2v) is 8.34. The Labute approximate surface area is 187 Å². The van der Waals surface area contributed by atoms with Crippen molar-refractivity contribution in [2.24, 2.45) is 5.92 Å². The summed E-state index contributed by atoms with van der Waals surface area (Å²) in [5.74, 6) is -0.629. The summed E-state index contributed by atoms with van der Waals surface area (Å²) in [5.41, 5.74) is 0.470. The zero-order chi connectivity index (χ0) is 22.7. The van der Waals surface area contributed by atoms with E-state index in [0.29, 0.717) is 30.0 Å². The van der Waals surface area contributed by atoms with E-state index in [9.17, 15) is 19.7 Å². The molecule has 1 fully saturated rings. The van der Waals surface area contributed by atoms with Crippen molar-refractivity contribution in [2.45, 2.75) is 25.9 Å². The van der Waals surface area contributed by atoms with Gasteiger partial charge in [0.05, 0.1) is 15.7 Å². The number of ether oxygens (including phenoxy) is 1. The van der Waals surface area contributed by atoms with Crippen LogP contribution >= 0.6 is 11.3 Å². The number of esters is 1. The fourth-order valence-electron chi connectivity index (χ4n) is 3.47. The third kappa shape index (κ3) is 4.67. The van der Waals surface area contributed by atoms with Crippen LogP contribution in [0.3, 0.4) is 0 Å². The van der Waals surface area contributed by atoms with Gasteiger partial charge in [0.2, 0.25) is 5.89 Å². The van der Waals surface area contributed by atoms with Crippen LogP contribution in [0.2, 0.25) is 0 Å². The van der Waals surface area contributed by atoms with Crippen molar-refractivity contribution >= 4 is 28.9 Å². The van der Waals surface area contributed by atoms with Crippen LogP contribution in [-0.4, -0.2) is 45.0 Å². The molecule has 0 saturated carbocycles. The Morgan fingerprint density at radius 1 is 1.28 bits per heavy atom. The van der Waals surface area contributed by atoms with E-state index in [1.54, 1.807) is 17.9 Å². The maximum absolute atomic E-state index is 12.7. The summed E-state index contributed by atoms with van der Waals surface area (Å²) < 4.78 is 11.1. The first kappa shape index (κ1) is 21.6. The molecule has 0 N–H and O–H groups in total. The number of nitrogens with zero attached hydrogens (tertiary/aromatic N) is 4. The van der Waals surface area contributed by atoms with Crippen molar-refractivity contribution in [3.63, 3.8) is 0 Å². The Morgan fingerprint density at radius 2 is 2.06 bits per heavy atom. The maximum Gasteiger partial charge on any atom is 0.311 e. The predicted molar refractivity (Wildman–Crippen MR) is 114 cm³/mol. The van der Waals surface area contributed by atoms with E-state index in [1.165, 1.54) is 35.6 Å². The van der Waals surface area contributed by atoms with Crippen LogP contribution in [0, 0.1) is 16.0 Å². The van der Waals surface area contributed by atoms with E-state index in [-0.39, 0.29) is 23.4 Å². The molecule has 0 bridgehead atoms. The zero-order valence-corrected chi connectivity index (χ0v) is 18.0. The van der Waals surface area contributed by atoms with Gasteiger partial charge in [0.1, 0.15) is 0 Å². The number of nitro groups is 1. The first-order valence-electron chi connectivity index (χ1n) is 10.0. The van der Waals surface area contributed by atoms with Crippen molar-refractivity contribution in [2.75, 3.05) is 13.1 Å². The standard InChI is InChI=1S/C21H20N4O6S/c1-13(18-22-23-19(31-18)14-6-8-16(9-7-14)25(28)29)30-21(27)15-4-2-10-24(12-15)20(26)17-5-3-11-32-17/h3,5-9,11,13,15H,2,4,10,12H2,1H3. The monoisotopic (exact) mass is 456 g/mol. The summed E-state index contributed by atoms with van der Waals surface area (Å²) in [7, 11) is 0. The minimum Gasteiger partial charge on any atom is -0.452 e. The highest BCUT2D eigenvalue weighted by Gasteiger charge is 2.32. The topological polar surface area (TPSA) is 129 Å². The first-order chi connectivity index (χ1) is 15.4. The van der Waals surface area contributed by atoms with E-state index >= 15 is 0 Å². The van der Waals surface area contributed by atoms with Crippen LogP contribution in [-0.2, 0) is 9.53 Å². The molecular formula is C21H20N4O6S. The average Bonchev–Trinajstić information content (AvgIpc) is 3.51. The Kier molecular flexibility index (Phi) is 6.26. The summed E-state index contributed by atoms with van der Waals surface area (Å²) in [5, 5.41) is 20.5. The van der Waals surface area contributed by atoms with Gasteiger partial charge in [-0.25, -0.2) is 0 Å². The molecule has 1 amide bonds. The average molecular weight is 456 g/mol. The molecule has 1 saturated heterocycles. The molecule has 3 heterocycles. The van der Waals surface area contributed by atoms with Crippen molar-refractivity contribution in [1.82, 2.24) is 15.1 Å². The normalized spacial score (nSPS) is 17.0. The lowest BCUT2D eigenvalue weighted by atomic mass is 9.98. The number of aromatic nitrogens is 2. The lowest BCUT2D eigenvalue weighted by Gasteiger charge is -2.31. The first-order valence-corrected chi connectivity index (χ1v) is 10.9. The summed E-state index contributed by atoms with van der Waals surface area (Å²) in [6.45, 7) is 2.54. The SMILES string of the molecule is CC(OC(=O)C1CCCN(C(=O)c2cccs2)C1)c1nnc(-c2ccc([N+](=O)[O-])cc2)o1. The maximum atomic E-state index is 12.7. The molecule has 166 valence electrons. The van der Waals surface area contributed by atoms with Gasteiger partial charge in [-0.1, -0.05) is 6.07 Å². The van der Waals surface area contributed by atoms with Gasteiger partial charge in [-0.05, 0) is 43.3 Å². The number of thiophene rings is 1. The Bertz CT molecular complexity index is 1110. The Hall–Kier alpha value is -3.60. The molecule has 10 nitrogen and oxygen atoms in total. The molecule has 1 aromatic carbocycles. The molecule has 3 aromatic rings. The minimum atomic E-state index is -0.773. The number of piperidine rings is 1. The van der Waals surface area contributed by atoms with Gasteiger partial charge in [-0.3, -0.25) is 19.7 Å². The third-order valence-electron chi connectivity index (χ3n) is 5.18. The number of likely N-dealkylation sites (tertiary alicyclic amines) is 1. The molecule has 0 radical (unpaired) electrons. The third-order valence-corrected chi connectivity index (χ3v) is 6.04. The number of hydrogen-bond donors (Lipinski definition) is 0. The van der Waals surface area contributed by atoms with Gasteiger partial charge in [0.25, 0.3) is 17.5 Å². The van der Waals surface area contributed by atoms with Crippen LogP contribution in [0.15, 0.2) is 46.2 Å². The largest absolute Gasteiger partial charge is 0.452 e. The second kappa shape index (κ2) is 9.27. The molecule has 1 aliphatic heterocycles. The smallest absolute Gasteiger partial charge is 0.311 e. The number of benzene rings is 1. The Balaban J connectivity index is 1.37. The molecule has 1 aliphatic rings. The van der Waals surface area contributed by atoms with Gasteiger partial charge in [-0.15, -0.1) is 21.5 Å². The van der Waals surface area contributed by atoms with E-state index in [1.807, 2.05) is 11.4 Å². The molecule has 0 spiro atoms. The highest BCUT2D eigenvalue weighted by atomic mass is 32.1. The van der Waals surface area contributed by atoms with E-state index in [2.05, 4.69) is 10.2 Å². The van der Waals surface area contributed by atoms with Crippen LogP contribution < -0.4 is 0 Å². The summed E-state index contributed by atoms with van der Waals surface area (Å²) in [6, 6.07) is 9.30. The van der Waals surface area contributed by atoms with E-state index in [4.69, 9.17) is 9.15 Å². The molecular weight excluding hydrogens is 436 g/mol. The predicted octanol–water partition coefficient (Wildman–Crippen LogP) is 3.86. The molecule has 2 unspecified atom stereocenters. The number of rotatable bonds is 6. The fourth-order valence-corrected chi connectivity index (χ4v) is 4.16. The van der Waals surface area contributed by atoms with E-state index < -0.39 is 22.9 Å². The molecule has 11 heteroatoms. The lowest BCUT2D eigenvalue weighted by molar-refractivity contribution is -0.384. The Morgan fingerprint density at radius 3 is 2.75 bits per heavy atom. The molecule has 32 heavy (non-hydrogen) atoms. The van der Waals surface area contributed by atoms with Gasteiger partial charge in [0.15, 0.2) is 6.10 Å². The molecule has 2 atom stereocenters. The minimum absolute atomic E-state index is 0.0464. The molecule has 4 rings (SSSR count). The van der Waals surface area contributed by atoms with Crippen molar-refractivity contribution in [1.29, 1.82) is 0 Å². The number of amides is 1. The fraction of sp³-hybridized carbons (Fsp3) is 0.333. The van der Waals surface area contributed by atoms with Crippen molar-refractivity contribution < 1.29 is 23.7 Å². The van der Waals surface area contributed by atoms with Gasteiger partial charge in [0, 0.05) is 30.8 Å². The number of nitro benzene ring substituents is 1. The van der Waals surface area contributed by atoms with Gasteiger partial charge < -0.3 is 14.1 Å². The zero-order valence-electron chi connectivity index (χ0n) is 17.2. The molecule has 2 aromatic heterocycles. The highest BCUT2D eigenvalue weighted by molar-refractivity contribution is 7.12. The van der Waals surface area contributed by atoms with Crippen LogP contribution in [0.1, 0.15) is 41.4 Å². The quantitative estimate of drug-likeness (QED) is 0.311. The van der Waals surface area contributed by atoms with Crippen molar-refractivity contribution in [3.05, 3.63) is 62.7 Å². The number of non-ortho nitro benzene ring substituents is 1. The number of carbonyl (C=O) groups is 2. The second-order valence-electron chi connectivity index (χ2n) is 7.40. The summed E-state index contributed by atoms with van der Waals surface area (Å²) >= 11 is 1.38. The highest BCUT2D eigenvalue weighted by Crippen LogP contribution is 2.27.